The number of benzene rings is 1. The average molecular weight is 242 g/mol. The molecule has 5 heteroatoms. The van der Waals surface area contributed by atoms with Crippen LogP contribution in [-0.2, 0) is 0 Å². The van der Waals surface area contributed by atoms with Gasteiger partial charge in [-0.2, -0.15) is 0 Å². The first-order chi connectivity index (χ1) is 7.00. The summed E-state index contributed by atoms with van der Waals surface area (Å²) in [5.74, 6) is 0. The largest absolute Gasteiger partial charge is 0.395 e. The summed E-state index contributed by atoms with van der Waals surface area (Å²) in [4.78, 5) is 22.1. The van der Waals surface area contributed by atoms with Crippen LogP contribution in [0.2, 0.25) is 10.0 Å². The van der Waals surface area contributed by atoms with E-state index >= 15 is 0 Å². The van der Waals surface area contributed by atoms with Crippen LogP contribution in [-0.4, -0.2) is 0 Å². The maximum Gasteiger partial charge on any atom is 0.249 e. The predicted molar refractivity (Wildman–Crippen MR) is 61.2 cm³/mol. The summed E-state index contributed by atoms with van der Waals surface area (Å²) in [6, 6.07) is 4.62. The van der Waals surface area contributed by atoms with Crippen molar-refractivity contribution in [3.63, 3.8) is 0 Å². The molecule has 0 heterocycles. The van der Waals surface area contributed by atoms with Crippen LogP contribution in [0, 0.1) is 0 Å². The predicted octanol–water partition coefficient (Wildman–Crippen LogP) is 1.84. The lowest BCUT2D eigenvalue weighted by atomic mass is 9.99. The first kappa shape index (κ1) is 10.2. The smallest absolute Gasteiger partial charge is 0.249 e. The summed E-state index contributed by atoms with van der Waals surface area (Å²) in [5.41, 5.74) is 4.82. The van der Waals surface area contributed by atoms with Crippen LogP contribution in [0.3, 0.4) is 0 Å². The molecule has 0 bridgehead atoms. The second kappa shape index (κ2) is 3.36. The molecule has 3 nitrogen and oxygen atoms in total. The van der Waals surface area contributed by atoms with E-state index < -0.39 is 10.9 Å². The molecule has 2 aromatic carbocycles. The van der Waals surface area contributed by atoms with Gasteiger partial charge in [0.1, 0.15) is 0 Å². The van der Waals surface area contributed by atoms with E-state index in [0.29, 0.717) is 15.6 Å². The van der Waals surface area contributed by atoms with Gasteiger partial charge >= 0.3 is 0 Å². The normalized spacial score (nSPS) is 10.8. The Bertz CT molecular complexity index is 592. The highest BCUT2D eigenvalue weighted by Gasteiger charge is 2.19. The highest BCUT2D eigenvalue weighted by atomic mass is 35.5. The minimum Gasteiger partial charge on any atom is -0.395 e. The van der Waals surface area contributed by atoms with Gasteiger partial charge in [0.25, 0.3) is 0 Å². The zero-order valence-electron chi connectivity index (χ0n) is 7.38. The molecule has 2 aromatic rings. The summed E-state index contributed by atoms with van der Waals surface area (Å²) in [6.45, 7) is 0. The molecular formula is C10H5Cl2NO2. The second-order valence-electron chi connectivity index (χ2n) is 3.11. The number of anilines is 1. The van der Waals surface area contributed by atoms with Crippen molar-refractivity contribution in [2.45, 2.75) is 0 Å². The number of nitrogen functional groups attached to an aromatic ring is 1. The third-order valence-electron chi connectivity index (χ3n) is 2.10. The summed E-state index contributed by atoms with van der Waals surface area (Å²) in [6.07, 6.45) is 0. The van der Waals surface area contributed by atoms with E-state index in [1.807, 2.05) is 0 Å². The van der Waals surface area contributed by atoms with Crippen LogP contribution >= 0.6 is 23.2 Å². The van der Waals surface area contributed by atoms with E-state index in [2.05, 4.69) is 0 Å². The Kier molecular flexibility index (Phi) is 2.29. The molecule has 0 saturated heterocycles. The Morgan fingerprint density at radius 3 is 1.93 bits per heavy atom. The molecule has 0 aromatic heterocycles. The lowest BCUT2D eigenvalue weighted by molar-refractivity contribution is 1.41. The van der Waals surface area contributed by atoms with E-state index in [9.17, 15) is 9.59 Å². The molecule has 0 atom stereocenters. The van der Waals surface area contributed by atoms with Crippen molar-refractivity contribution in [3.05, 3.63) is 48.7 Å². The number of hydrogen-bond acceptors (Lipinski definition) is 3. The van der Waals surface area contributed by atoms with Gasteiger partial charge in [-0.25, -0.2) is 0 Å². The van der Waals surface area contributed by atoms with Gasteiger partial charge in [-0.3, -0.25) is 9.59 Å². The fourth-order valence-electron chi connectivity index (χ4n) is 1.39. The highest BCUT2D eigenvalue weighted by Crippen LogP contribution is 2.27. The van der Waals surface area contributed by atoms with Crippen LogP contribution < -0.4 is 16.6 Å². The Morgan fingerprint density at radius 1 is 0.933 bits per heavy atom. The van der Waals surface area contributed by atoms with Gasteiger partial charge in [0.2, 0.25) is 10.9 Å². The lowest BCUT2D eigenvalue weighted by Gasteiger charge is -2.07. The number of nitrogens with two attached hydrogens (primary N) is 1. The van der Waals surface area contributed by atoms with Gasteiger partial charge in [-0.1, -0.05) is 23.2 Å². The van der Waals surface area contributed by atoms with Gasteiger partial charge in [-0.05, 0) is 23.8 Å². The average Bonchev–Trinajstić information content (AvgIpc) is 2.16. The zero-order chi connectivity index (χ0) is 11.2. The number of rotatable bonds is 1. The molecule has 76 valence electrons. The molecule has 0 aliphatic heterocycles. The van der Waals surface area contributed by atoms with E-state index in [-0.39, 0.29) is 11.3 Å². The Balaban J connectivity index is 2.66. The SMILES string of the molecule is Nc1c(-c2cc(Cl)cc(Cl)c2)c(=O)c1=O. The summed E-state index contributed by atoms with van der Waals surface area (Å²) >= 11 is 11.5. The van der Waals surface area contributed by atoms with Gasteiger partial charge in [0.15, 0.2) is 0 Å². The monoisotopic (exact) mass is 241 g/mol. The van der Waals surface area contributed by atoms with Crippen LogP contribution in [0.5, 0.6) is 0 Å². The molecule has 15 heavy (non-hydrogen) atoms. The number of halogens is 2. The molecule has 0 aliphatic rings. The van der Waals surface area contributed by atoms with Gasteiger partial charge in [-0.15, -0.1) is 0 Å². The molecule has 0 amide bonds. The van der Waals surface area contributed by atoms with Crippen molar-refractivity contribution in [3.8, 4) is 11.1 Å². The van der Waals surface area contributed by atoms with E-state index in [1.54, 1.807) is 12.1 Å². The topological polar surface area (TPSA) is 60.2 Å². The standard InChI is InChI=1S/C10H5Cl2NO2/c11-5-1-4(2-6(12)3-5)7-8(13)10(15)9(7)14/h1-3H,13H2. The van der Waals surface area contributed by atoms with Crippen LogP contribution in [0.1, 0.15) is 0 Å². The minimum absolute atomic E-state index is 0.0293. The molecule has 2 N–H and O–H groups in total. The quantitative estimate of drug-likeness (QED) is 0.776. The molecular weight excluding hydrogens is 237 g/mol. The van der Waals surface area contributed by atoms with E-state index in [4.69, 9.17) is 28.9 Å². The van der Waals surface area contributed by atoms with Crippen LogP contribution in [0.15, 0.2) is 27.8 Å². The van der Waals surface area contributed by atoms with Crippen molar-refractivity contribution in [1.29, 1.82) is 0 Å². The zero-order valence-corrected chi connectivity index (χ0v) is 8.89. The van der Waals surface area contributed by atoms with Crippen molar-refractivity contribution >= 4 is 28.9 Å². The molecule has 0 aliphatic carbocycles. The lowest BCUT2D eigenvalue weighted by Crippen LogP contribution is -2.35. The Morgan fingerprint density at radius 2 is 1.47 bits per heavy atom. The van der Waals surface area contributed by atoms with Crippen LogP contribution in [0.25, 0.3) is 11.1 Å². The molecule has 2 rings (SSSR count). The maximum atomic E-state index is 11.2. The minimum atomic E-state index is -0.652. The first-order valence-corrected chi connectivity index (χ1v) is 4.81. The van der Waals surface area contributed by atoms with Crippen molar-refractivity contribution in [2.75, 3.05) is 5.73 Å². The van der Waals surface area contributed by atoms with E-state index in [1.165, 1.54) is 6.07 Å². The second-order valence-corrected chi connectivity index (χ2v) is 3.98. The summed E-state index contributed by atoms with van der Waals surface area (Å²) < 4.78 is 0. The first-order valence-electron chi connectivity index (χ1n) is 4.06. The van der Waals surface area contributed by atoms with Crippen molar-refractivity contribution in [1.82, 2.24) is 0 Å². The van der Waals surface area contributed by atoms with Crippen molar-refractivity contribution < 1.29 is 0 Å². The molecule has 0 unspecified atom stereocenters. The third-order valence-corrected chi connectivity index (χ3v) is 2.53. The number of hydrogen-bond donors (Lipinski definition) is 1. The molecule has 0 radical (unpaired) electrons. The van der Waals surface area contributed by atoms with Gasteiger partial charge < -0.3 is 5.73 Å². The van der Waals surface area contributed by atoms with Crippen molar-refractivity contribution in [2.24, 2.45) is 0 Å². The molecule has 0 fully saturated rings. The van der Waals surface area contributed by atoms with Gasteiger partial charge in [0, 0.05) is 10.0 Å². The maximum absolute atomic E-state index is 11.2. The molecule has 0 saturated carbocycles. The Hall–Kier alpha value is -1.32. The van der Waals surface area contributed by atoms with Crippen LogP contribution in [0.4, 0.5) is 5.69 Å². The van der Waals surface area contributed by atoms with E-state index in [0.717, 1.165) is 0 Å². The highest BCUT2D eigenvalue weighted by molar-refractivity contribution is 6.35. The Labute approximate surface area is 94.7 Å². The fraction of sp³-hybridized carbons (Fsp3) is 0. The fourth-order valence-corrected chi connectivity index (χ4v) is 1.92. The third kappa shape index (κ3) is 1.54. The summed E-state index contributed by atoms with van der Waals surface area (Å²) in [7, 11) is 0. The summed E-state index contributed by atoms with van der Waals surface area (Å²) in [5, 5.41) is 0.787. The van der Waals surface area contributed by atoms with Gasteiger partial charge in [0.05, 0.1) is 11.3 Å². The molecule has 0 spiro atoms.